The number of nitrogens with one attached hydrogen (secondary N) is 1. The minimum Gasteiger partial charge on any atom is -0.381 e. The minimum absolute atomic E-state index is 0.217. The van der Waals surface area contributed by atoms with Gasteiger partial charge in [0.1, 0.15) is 5.82 Å². The van der Waals surface area contributed by atoms with Gasteiger partial charge in [0, 0.05) is 39.2 Å². The molecule has 5 heteroatoms. The molecular weight excluding hydrogens is 288 g/mol. The molecule has 2 heterocycles. The van der Waals surface area contributed by atoms with Crippen LogP contribution in [0.3, 0.4) is 0 Å². The molecule has 0 bridgehead atoms. The van der Waals surface area contributed by atoms with Crippen LogP contribution in [0.2, 0.25) is 0 Å². The topological polar surface area (TPSA) is 62.9 Å². The first-order valence-corrected chi connectivity index (χ1v) is 8.05. The first-order chi connectivity index (χ1) is 11.3. The maximum absolute atomic E-state index is 8.88. The molecule has 1 aromatic heterocycles. The lowest BCUT2D eigenvalue weighted by Gasteiger charge is -2.30. The molecule has 120 valence electrons. The highest BCUT2D eigenvalue weighted by atomic mass is 16.5. The van der Waals surface area contributed by atoms with Crippen molar-refractivity contribution < 1.29 is 4.74 Å². The number of aryl methyl sites for hydroxylation is 1. The smallest absolute Gasteiger partial charge is 0.125 e. The third-order valence-corrected chi connectivity index (χ3v) is 4.48. The molecule has 0 saturated carbocycles. The standard InChI is InChI=1S/C18H22N4O/c1-22-9-8-20-18(22)17(16-6-10-23-11-7-16)21-13-15-4-2-14(12-19)3-5-15/h2-5,8-9,16-17,21H,6-7,10-11,13H2,1H3/t17-/m1/s1. The summed E-state index contributed by atoms with van der Waals surface area (Å²) >= 11 is 0. The highest BCUT2D eigenvalue weighted by molar-refractivity contribution is 5.31. The molecule has 1 aromatic carbocycles. The van der Waals surface area contributed by atoms with Gasteiger partial charge in [-0.1, -0.05) is 12.1 Å². The predicted molar refractivity (Wildman–Crippen MR) is 87.5 cm³/mol. The van der Waals surface area contributed by atoms with Crippen molar-refractivity contribution in [1.82, 2.24) is 14.9 Å². The second kappa shape index (κ2) is 7.40. The van der Waals surface area contributed by atoms with Crippen LogP contribution in [0, 0.1) is 17.2 Å². The van der Waals surface area contributed by atoms with E-state index < -0.39 is 0 Å². The zero-order valence-electron chi connectivity index (χ0n) is 13.4. The van der Waals surface area contributed by atoms with Gasteiger partial charge in [0.15, 0.2) is 0 Å². The summed E-state index contributed by atoms with van der Waals surface area (Å²) in [6, 6.07) is 10.1. The quantitative estimate of drug-likeness (QED) is 0.922. The third-order valence-electron chi connectivity index (χ3n) is 4.48. The first-order valence-electron chi connectivity index (χ1n) is 8.05. The average Bonchev–Trinajstić information content (AvgIpc) is 3.03. The zero-order chi connectivity index (χ0) is 16.1. The van der Waals surface area contributed by atoms with Crippen LogP contribution >= 0.6 is 0 Å². The fraction of sp³-hybridized carbons (Fsp3) is 0.444. The summed E-state index contributed by atoms with van der Waals surface area (Å²) in [5.41, 5.74) is 1.87. The van der Waals surface area contributed by atoms with Crippen LogP contribution in [0.15, 0.2) is 36.7 Å². The van der Waals surface area contributed by atoms with E-state index in [1.54, 1.807) is 0 Å². The van der Waals surface area contributed by atoms with Crippen molar-refractivity contribution in [2.45, 2.75) is 25.4 Å². The second-order valence-corrected chi connectivity index (χ2v) is 6.01. The highest BCUT2D eigenvalue weighted by Crippen LogP contribution is 2.29. The number of imidazole rings is 1. The zero-order valence-corrected chi connectivity index (χ0v) is 13.4. The van der Waals surface area contributed by atoms with Gasteiger partial charge in [0.2, 0.25) is 0 Å². The molecule has 1 atom stereocenters. The molecule has 1 aliphatic heterocycles. The van der Waals surface area contributed by atoms with Gasteiger partial charge in [-0.2, -0.15) is 5.26 Å². The molecule has 0 spiro atoms. The minimum atomic E-state index is 0.217. The lowest BCUT2D eigenvalue weighted by molar-refractivity contribution is 0.0518. The molecule has 3 rings (SSSR count). The van der Waals surface area contributed by atoms with Crippen molar-refractivity contribution in [2.75, 3.05) is 13.2 Å². The van der Waals surface area contributed by atoms with Crippen LogP contribution in [-0.2, 0) is 18.3 Å². The fourth-order valence-corrected chi connectivity index (χ4v) is 3.12. The number of ether oxygens (including phenoxy) is 1. The molecule has 5 nitrogen and oxygen atoms in total. The van der Waals surface area contributed by atoms with E-state index in [1.165, 1.54) is 5.56 Å². The Bertz CT molecular complexity index is 665. The molecule has 0 unspecified atom stereocenters. The van der Waals surface area contributed by atoms with Gasteiger partial charge in [-0.15, -0.1) is 0 Å². The number of benzene rings is 1. The maximum atomic E-state index is 8.88. The largest absolute Gasteiger partial charge is 0.381 e. The van der Waals surface area contributed by atoms with E-state index in [2.05, 4.69) is 20.9 Å². The van der Waals surface area contributed by atoms with E-state index in [-0.39, 0.29) is 6.04 Å². The molecule has 1 fully saturated rings. The second-order valence-electron chi connectivity index (χ2n) is 6.01. The molecule has 0 radical (unpaired) electrons. The lowest BCUT2D eigenvalue weighted by Crippen LogP contribution is -2.33. The maximum Gasteiger partial charge on any atom is 0.125 e. The van der Waals surface area contributed by atoms with Crippen molar-refractivity contribution in [2.24, 2.45) is 13.0 Å². The lowest BCUT2D eigenvalue weighted by atomic mass is 9.91. The van der Waals surface area contributed by atoms with Gasteiger partial charge in [-0.05, 0) is 36.5 Å². The number of nitrogens with zero attached hydrogens (tertiary/aromatic N) is 3. The van der Waals surface area contributed by atoms with E-state index in [0.717, 1.165) is 38.4 Å². The Morgan fingerprint density at radius 1 is 1.35 bits per heavy atom. The van der Waals surface area contributed by atoms with E-state index in [9.17, 15) is 0 Å². The summed E-state index contributed by atoms with van der Waals surface area (Å²) in [5, 5.41) is 12.5. The Morgan fingerprint density at radius 3 is 2.70 bits per heavy atom. The third kappa shape index (κ3) is 3.79. The van der Waals surface area contributed by atoms with Crippen LogP contribution in [0.1, 0.15) is 35.8 Å². The van der Waals surface area contributed by atoms with Crippen molar-refractivity contribution in [1.29, 1.82) is 5.26 Å². The van der Waals surface area contributed by atoms with Gasteiger partial charge in [-0.25, -0.2) is 4.98 Å². The first kappa shape index (κ1) is 15.7. The van der Waals surface area contributed by atoms with Crippen molar-refractivity contribution in [3.63, 3.8) is 0 Å². The molecule has 1 N–H and O–H groups in total. The van der Waals surface area contributed by atoms with Crippen molar-refractivity contribution >= 4 is 0 Å². The highest BCUT2D eigenvalue weighted by Gasteiger charge is 2.27. The summed E-state index contributed by atoms with van der Waals surface area (Å²) in [7, 11) is 2.04. The normalized spacial score (nSPS) is 16.9. The molecule has 1 aliphatic rings. The number of rotatable bonds is 5. The Balaban J connectivity index is 1.73. The Labute approximate surface area is 136 Å². The Kier molecular flexibility index (Phi) is 5.06. The SMILES string of the molecule is Cn1ccnc1[C@H](NCc1ccc(C#N)cc1)C1CCOCC1. The van der Waals surface area contributed by atoms with E-state index >= 15 is 0 Å². The van der Waals surface area contributed by atoms with E-state index in [1.807, 2.05) is 43.7 Å². The van der Waals surface area contributed by atoms with Crippen molar-refractivity contribution in [3.8, 4) is 6.07 Å². The van der Waals surface area contributed by atoms with E-state index in [0.29, 0.717) is 11.5 Å². The number of hydrogen-bond donors (Lipinski definition) is 1. The molecule has 23 heavy (non-hydrogen) atoms. The molecule has 2 aromatic rings. The molecule has 1 saturated heterocycles. The summed E-state index contributed by atoms with van der Waals surface area (Å²) in [5.74, 6) is 1.61. The molecule has 0 amide bonds. The van der Waals surface area contributed by atoms with Crippen molar-refractivity contribution in [3.05, 3.63) is 53.6 Å². The summed E-state index contributed by atoms with van der Waals surface area (Å²) < 4.78 is 7.59. The monoisotopic (exact) mass is 310 g/mol. The van der Waals surface area contributed by atoms with Crippen LogP contribution in [0.25, 0.3) is 0 Å². The molecule has 0 aliphatic carbocycles. The van der Waals surface area contributed by atoms with Crippen LogP contribution in [0.5, 0.6) is 0 Å². The number of hydrogen-bond acceptors (Lipinski definition) is 4. The van der Waals surface area contributed by atoms with Gasteiger partial charge >= 0.3 is 0 Å². The van der Waals surface area contributed by atoms with Crippen LogP contribution < -0.4 is 5.32 Å². The molecular formula is C18H22N4O. The predicted octanol–water partition coefficient (Wildman–Crippen LogP) is 2.55. The van der Waals surface area contributed by atoms with Gasteiger partial charge in [0.25, 0.3) is 0 Å². The van der Waals surface area contributed by atoms with Gasteiger partial charge < -0.3 is 14.6 Å². The number of aromatic nitrogens is 2. The van der Waals surface area contributed by atoms with E-state index in [4.69, 9.17) is 10.00 Å². The Morgan fingerprint density at radius 2 is 2.09 bits per heavy atom. The van der Waals surface area contributed by atoms with Gasteiger partial charge in [-0.3, -0.25) is 0 Å². The number of nitriles is 1. The van der Waals surface area contributed by atoms with Crippen LogP contribution in [0.4, 0.5) is 0 Å². The summed E-state index contributed by atoms with van der Waals surface area (Å²) in [6.45, 7) is 2.41. The summed E-state index contributed by atoms with van der Waals surface area (Å²) in [6.07, 6.45) is 5.95. The van der Waals surface area contributed by atoms with Gasteiger partial charge in [0.05, 0.1) is 17.7 Å². The summed E-state index contributed by atoms with van der Waals surface area (Å²) in [4.78, 5) is 4.55. The van der Waals surface area contributed by atoms with Crippen LogP contribution in [-0.4, -0.2) is 22.8 Å². The average molecular weight is 310 g/mol. The Hall–Kier alpha value is -2.16. The fourth-order valence-electron chi connectivity index (χ4n) is 3.12.